The summed E-state index contributed by atoms with van der Waals surface area (Å²) in [6, 6.07) is 6.17. The first-order valence-electron chi connectivity index (χ1n) is 5.87. The zero-order chi connectivity index (χ0) is 11.7. The molecule has 0 aromatic heterocycles. The largest absolute Gasteiger partial charge is 0.0837 e. The van der Waals surface area contributed by atoms with Crippen molar-refractivity contribution >= 4 is 22.7 Å². The summed E-state index contributed by atoms with van der Waals surface area (Å²) in [5.74, 6) is 0. The van der Waals surface area contributed by atoms with E-state index in [1.54, 1.807) is 0 Å². The van der Waals surface area contributed by atoms with Gasteiger partial charge in [-0.3, -0.25) is 0 Å². The molecule has 2 aliphatic carbocycles. The van der Waals surface area contributed by atoms with Gasteiger partial charge in [-0.15, -0.1) is 0 Å². The van der Waals surface area contributed by atoms with Gasteiger partial charge in [-0.25, -0.2) is 0 Å². The van der Waals surface area contributed by atoms with Crippen LogP contribution in [0, 0.1) is 0 Å². The first-order chi connectivity index (χ1) is 8.36. The molecule has 2 aliphatic rings. The molecule has 1 aromatic carbocycles. The van der Waals surface area contributed by atoms with E-state index in [4.69, 9.17) is 11.6 Å². The Morgan fingerprint density at radius 1 is 0.889 bits per heavy atom. The Hall–Kier alpha value is -0.647. The second-order valence-corrected chi connectivity index (χ2v) is 4.72. The molecule has 88 valence electrons. The third-order valence-corrected chi connectivity index (χ3v) is 3.54. The molecule has 0 aliphatic heterocycles. The maximum Gasteiger partial charge on any atom is 0.0487 e. The Kier molecular flexibility index (Phi) is 4.59. The van der Waals surface area contributed by atoms with E-state index in [0.29, 0.717) is 0 Å². The van der Waals surface area contributed by atoms with E-state index in [0.717, 1.165) is 17.9 Å². The predicted molar refractivity (Wildman–Crippen MR) is 74.9 cm³/mol. The molecular weight excluding hydrogens is 319 g/mol. The number of rotatable bonds is 2. The van der Waals surface area contributed by atoms with Gasteiger partial charge in [-0.2, -0.15) is 0 Å². The van der Waals surface area contributed by atoms with Gasteiger partial charge in [0.05, 0.1) is 0 Å². The standard InChI is InChI=1S/C16H13Cl.Zr/c17-15-11-5-10-14(12-6-1-2-7-12)16(15)13-8-3-4-9-13;/h1-6,8,10-11H,7,9H2;. The Morgan fingerprint density at radius 3 is 2.17 bits per heavy atom. The predicted octanol–water partition coefficient (Wildman–Crippen LogP) is 5.02. The Balaban J connectivity index is 0.00000120. The molecule has 0 atom stereocenters. The van der Waals surface area contributed by atoms with E-state index in [2.05, 4.69) is 42.5 Å². The van der Waals surface area contributed by atoms with Crippen molar-refractivity contribution in [2.24, 2.45) is 0 Å². The van der Waals surface area contributed by atoms with Gasteiger partial charge in [0.1, 0.15) is 0 Å². The summed E-state index contributed by atoms with van der Waals surface area (Å²) in [6.07, 6.45) is 14.9. The Labute approximate surface area is 132 Å². The van der Waals surface area contributed by atoms with Crippen molar-refractivity contribution in [1.82, 2.24) is 0 Å². The summed E-state index contributed by atoms with van der Waals surface area (Å²) in [7, 11) is 0. The van der Waals surface area contributed by atoms with Crippen LogP contribution in [0.25, 0.3) is 11.1 Å². The van der Waals surface area contributed by atoms with Crippen LogP contribution in [0.4, 0.5) is 0 Å². The summed E-state index contributed by atoms with van der Waals surface area (Å²) in [5, 5.41) is 0.852. The van der Waals surface area contributed by atoms with Crippen molar-refractivity contribution in [2.75, 3.05) is 0 Å². The molecule has 2 heteroatoms. The maximum atomic E-state index is 6.37. The quantitative estimate of drug-likeness (QED) is 0.713. The summed E-state index contributed by atoms with van der Waals surface area (Å²) in [6.45, 7) is 0. The number of hydrogen-bond acceptors (Lipinski definition) is 0. The average molecular weight is 332 g/mol. The second kappa shape index (κ2) is 6.00. The molecule has 0 saturated carbocycles. The van der Waals surface area contributed by atoms with Crippen molar-refractivity contribution in [3.63, 3.8) is 0 Å². The van der Waals surface area contributed by atoms with Crippen molar-refractivity contribution in [1.29, 1.82) is 0 Å². The summed E-state index contributed by atoms with van der Waals surface area (Å²) >= 11 is 6.37. The summed E-state index contributed by atoms with van der Waals surface area (Å²) < 4.78 is 0. The van der Waals surface area contributed by atoms with Crippen LogP contribution in [0.1, 0.15) is 24.0 Å². The molecule has 0 bridgehead atoms. The fourth-order valence-corrected chi connectivity index (χ4v) is 2.69. The molecule has 0 radical (unpaired) electrons. The van der Waals surface area contributed by atoms with Crippen molar-refractivity contribution < 1.29 is 26.2 Å². The van der Waals surface area contributed by atoms with Crippen LogP contribution in [0.5, 0.6) is 0 Å². The molecule has 18 heavy (non-hydrogen) atoms. The fourth-order valence-electron chi connectivity index (χ4n) is 2.40. The van der Waals surface area contributed by atoms with Crippen LogP contribution in [-0.2, 0) is 26.2 Å². The average Bonchev–Trinajstić information content (AvgIpc) is 3.02. The molecule has 0 fully saturated rings. The van der Waals surface area contributed by atoms with E-state index in [-0.39, 0.29) is 26.2 Å². The van der Waals surface area contributed by atoms with Gasteiger partial charge in [-0.05, 0) is 35.6 Å². The molecule has 0 amide bonds. The van der Waals surface area contributed by atoms with Crippen LogP contribution in [0.15, 0.2) is 54.7 Å². The third-order valence-electron chi connectivity index (χ3n) is 3.22. The minimum atomic E-state index is 0. The van der Waals surface area contributed by atoms with E-state index >= 15 is 0 Å². The van der Waals surface area contributed by atoms with Crippen molar-refractivity contribution in [3.05, 3.63) is 70.8 Å². The second-order valence-electron chi connectivity index (χ2n) is 4.31. The zero-order valence-electron chi connectivity index (χ0n) is 9.99. The van der Waals surface area contributed by atoms with Crippen molar-refractivity contribution in [2.45, 2.75) is 12.8 Å². The van der Waals surface area contributed by atoms with Gasteiger partial charge in [0.25, 0.3) is 0 Å². The molecule has 0 unspecified atom stereocenters. The Morgan fingerprint density at radius 2 is 1.56 bits per heavy atom. The van der Waals surface area contributed by atoms with E-state index < -0.39 is 0 Å². The first-order valence-corrected chi connectivity index (χ1v) is 6.25. The van der Waals surface area contributed by atoms with Gasteiger partial charge in [0, 0.05) is 36.8 Å². The van der Waals surface area contributed by atoms with Crippen LogP contribution in [0.2, 0.25) is 5.02 Å². The molecule has 0 saturated heterocycles. The maximum absolute atomic E-state index is 6.37. The monoisotopic (exact) mass is 330 g/mol. The van der Waals surface area contributed by atoms with Crippen molar-refractivity contribution in [3.8, 4) is 0 Å². The molecule has 0 N–H and O–H groups in total. The van der Waals surface area contributed by atoms with Crippen LogP contribution >= 0.6 is 11.6 Å². The van der Waals surface area contributed by atoms with E-state index in [1.165, 1.54) is 22.3 Å². The summed E-state index contributed by atoms with van der Waals surface area (Å²) in [4.78, 5) is 0. The molecule has 0 spiro atoms. The van der Waals surface area contributed by atoms with Crippen LogP contribution in [-0.4, -0.2) is 0 Å². The number of allylic oxidation sites excluding steroid dienone is 8. The number of benzene rings is 1. The summed E-state index contributed by atoms with van der Waals surface area (Å²) in [5.41, 5.74) is 5.15. The molecule has 0 heterocycles. The Bertz CT molecular complexity index is 577. The van der Waals surface area contributed by atoms with E-state index in [1.807, 2.05) is 12.1 Å². The zero-order valence-corrected chi connectivity index (χ0v) is 13.2. The first kappa shape index (κ1) is 13.8. The van der Waals surface area contributed by atoms with Crippen LogP contribution in [0.3, 0.4) is 0 Å². The van der Waals surface area contributed by atoms with E-state index in [9.17, 15) is 0 Å². The normalized spacial score (nSPS) is 16.5. The molecular formula is C16H13ClZr. The van der Waals surface area contributed by atoms with Crippen LogP contribution < -0.4 is 0 Å². The SMILES string of the molecule is Clc1cccc(C2=CC=CC2)c1C1=CC=CC1.[Zr]. The number of halogens is 1. The fraction of sp³-hybridized carbons (Fsp3) is 0.125. The smallest absolute Gasteiger partial charge is 0.0487 e. The molecule has 1 aromatic rings. The van der Waals surface area contributed by atoms with Gasteiger partial charge in [0.15, 0.2) is 0 Å². The topological polar surface area (TPSA) is 0 Å². The van der Waals surface area contributed by atoms with Gasteiger partial charge >= 0.3 is 0 Å². The van der Waals surface area contributed by atoms with Gasteiger partial charge in [-0.1, -0.05) is 60.2 Å². The minimum Gasteiger partial charge on any atom is -0.0837 e. The molecule has 0 nitrogen and oxygen atoms in total. The van der Waals surface area contributed by atoms with Gasteiger partial charge in [0.2, 0.25) is 0 Å². The molecule has 3 rings (SSSR count). The van der Waals surface area contributed by atoms with Gasteiger partial charge < -0.3 is 0 Å². The number of hydrogen-bond donors (Lipinski definition) is 0. The third kappa shape index (κ3) is 2.53. The minimum absolute atomic E-state index is 0.